The summed E-state index contributed by atoms with van der Waals surface area (Å²) in [7, 11) is 1.57. The molecule has 9 heteroatoms. The summed E-state index contributed by atoms with van der Waals surface area (Å²) >= 11 is 1.46. The number of fused-ring (bicyclic) bond motifs is 2. The quantitative estimate of drug-likeness (QED) is 0.559. The van der Waals surface area contributed by atoms with Crippen molar-refractivity contribution in [3.05, 3.63) is 64.2 Å². The Hall–Kier alpha value is -2.94. The molecule has 5 rings (SSSR count). The van der Waals surface area contributed by atoms with Gasteiger partial charge in [-0.15, -0.1) is 0 Å². The number of methoxy groups -OCH3 is 1. The van der Waals surface area contributed by atoms with E-state index in [4.69, 9.17) is 20.0 Å². The van der Waals surface area contributed by atoms with Crippen LogP contribution < -0.4 is 10.5 Å². The highest BCUT2D eigenvalue weighted by atomic mass is 32.2. The number of amidine groups is 1. The molecule has 178 valence electrons. The summed E-state index contributed by atoms with van der Waals surface area (Å²) in [5, 5.41) is 4.68. The minimum atomic E-state index is -0.969. The van der Waals surface area contributed by atoms with E-state index in [0.717, 1.165) is 46.2 Å². The first-order chi connectivity index (χ1) is 16.4. The molecular formula is C25H26F2N4O2S. The lowest BCUT2D eigenvalue weighted by atomic mass is 9.66. The van der Waals surface area contributed by atoms with Crippen molar-refractivity contribution in [1.82, 2.24) is 10.1 Å². The SMILES string of the molecule is CCc1noc(CC)c1-c1cnc(OC)c2c1C[C@H]1CSC(N)=N[C@@]1(c1ccc(F)cc1F)C2. The predicted octanol–water partition coefficient (Wildman–Crippen LogP) is 4.82. The van der Waals surface area contributed by atoms with Gasteiger partial charge in [0.15, 0.2) is 5.17 Å². The van der Waals surface area contributed by atoms with E-state index < -0.39 is 17.2 Å². The van der Waals surface area contributed by atoms with E-state index in [1.54, 1.807) is 7.11 Å². The van der Waals surface area contributed by atoms with E-state index in [1.807, 2.05) is 20.0 Å². The molecule has 2 aliphatic rings. The van der Waals surface area contributed by atoms with Gasteiger partial charge in [0.25, 0.3) is 0 Å². The lowest BCUT2D eigenvalue weighted by Gasteiger charge is -2.45. The molecular weight excluding hydrogens is 458 g/mol. The second kappa shape index (κ2) is 8.69. The van der Waals surface area contributed by atoms with Gasteiger partial charge >= 0.3 is 0 Å². The van der Waals surface area contributed by atoms with E-state index >= 15 is 4.39 Å². The number of aryl methyl sites for hydroxylation is 2. The Labute approximate surface area is 201 Å². The topological polar surface area (TPSA) is 86.5 Å². The second-order valence-electron chi connectivity index (χ2n) is 8.66. The molecule has 3 aromatic rings. The fourth-order valence-corrected chi connectivity index (χ4v) is 6.31. The largest absolute Gasteiger partial charge is 0.481 e. The number of hydrogen-bond acceptors (Lipinski definition) is 7. The first-order valence-electron chi connectivity index (χ1n) is 11.4. The average Bonchev–Trinajstić information content (AvgIpc) is 3.24. The Morgan fingerprint density at radius 1 is 1.24 bits per heavy atom. The Morgan fingerprint density at radius 2 is 2.06 bits per heavy atom. The summed E-state index contributed by atoms with van der Waals surface area (Å²) in [6.45, 7) is 4.08. The highest BCUT2D eigenvalue weighted by Gasteiger charge is 2.49. The van der Waals surface area contributed by atoms with E-state index in [-0.39, 0.29) is 5.92 Å². The molecule has 0 fully saturated rings. The summed E-state index contributed by atoms with van der Waals surface area (Å²) in [5.74, 6) is 0.645. The van der Waals surface area contributed by atoms with Crippen LogP contribution in [-0.2, 0) is 31.2 Å². The number of halogens is 2. The first kappa shape index (κ1) is 22.8. The van der Waals surface area contributed by atoms with Gasteiger partial charge in [0.1, 0.15) is 17.4 Å². The fourth-order valence-electron chi connectivity index (χ4n) is 5.32. The third kappa shape index (κ3) is 3.48. The highest BCUT2D eigenvalue weighted by Crippen LogP contribution is 2.52. The van der Waals surface area contributed by atoms with E-state index in [9.17, 15) is 4.39 Å². The van der Waals surface area contributed by atoms with Crippen molar-refractivity contribution in [3.8, 4) is 17.0 Å². The Morgan fingerprint density at radius 3 is 2.76 bits per heavy atom. The average molecular weight is 485 g/mol. The highest BCUT2D eigenvalue weighted by molar-refractivity contribution is 8.13. The van der Waals surface area contributed by atoms with Crippen molar-refractivity contribution in [2.24, 2.45) is 16.6 Å². The van der Waals surface area contributed by atoms with Crippen molar-refractivity contribution >= 4 is 16.9 Å². The fraction of sp³-hybridized carbons (Fsp3) is 0.400. The molecule has 0 unspecified atom stereocenters. The van der Waals surface area contributed by atoms with Crippen LogP contribution in [0.2, 0.25) is 0 Å². The maximum atomic E-state index is 15.2. The van der Waals surface area contributed by atoms with Crippen LogP contribution in [0.25, 0.3) is 11.1 Å². The van der Waals surface area contributed by atoms with Gasteiger partial charge in [-0.1, -0.05) is 36.8 Å². The molecule has 0 radical (unpaired) electrons. The van der Waals surface area contributed by atoms with Crippen LogP contribution in [0.1, 0.15) is 42.0 Å². The van der Waals surface area contributed by atoms with Crippen molar-refractivity contribution in [3.63, 3.8) is 0 Å². The van der Waals surface area contributed by atoms with Gasteiger partial charge in [-0.05, 0) is 24.5 Å². The molecule has 1 aromatic carbocycles. The number of benzene rings is 1. The molecule has 0 spiro atoms. The van der Waals surface area contributed by atoms with Gasteiger partial charge in [-0.2, -0.15) is 0 Å². The van der Waals surface area contributed by atoms with Crippen LogP contribution >= 0.6 is 11.8 Å². The maximum absolute atomic E-state index is 15.2. The number of pyridine rings is 1. The number of ether oxygens (including phenoxy) is 1. The van der Waals surface area contributed by atoms with E-state index in [0.29, 0.717) is 41.6 Å². The zero-order valence-electron chi connectivity index (χ0n) is 19.3. The summed E-state index contributed by atoms with van der Waals surface area (Å²) in [4.78, 5) is 9.42. The van der Waals surface area contributed by atoms with E-state index in [2.05, 4.69) is 10.1 Å². The lowest BCUT2D eigenvalue weighted by molar-refractivity contribution is 0.262. The Kier molecular flexibility index (Phi) is 5.83. The number of aromatic nitrogens is 2. The molecule has 0 bridgehead atoms. The van der Waals surface area contributed by atoms with Crippen LogP contribution in [0.3, 0.4) is 0 Å². The molecule has 2 aromatic heterocycles. The minimum absolute atomic E-state index is 0.0573. The summed E-state index contributed by atoms with van der Waals surface area (Å²) in [6, 6.07) is 3.68. The second-order valence-corrected chi connectivity index (χ2v) is 9.70. The van der Waals surface area contributed by atoms with Gasteiger partial charge in [-0.3, -0.25) is 4.99 Å². The van der Waals surface area contributed by atoms with E-state index in [1.165, 1.54) is 23.9 Å². The van der Waals surface area contributed by atoms with Crippen molar-refractivity contribution in [1.29, 1.82) is 0 Å². The van der Waals surface area contributed by atoms with Gasteiger partial charge in [0.2, 0.25) is 5.88 Å². The third-order valence-corrected chi connectivity index (χ3v) is 7.88. The molecule has 3 heterocycles. The van der Waals surface area contributed by atoms with Gasteiger partial charge in [0.05, 0.1) is 18.3 Å². The van der Waals surface area contributed by atoms with Crippen LogP contribution in [0.5, 0.6) is 5.88 Å². The molecule has 0 saturated carbocycles. The minimum Gasteiger partial charge on any atom is -0.481 e. The molecule has 6 nitrogen and oxygen atoms in total. The smallest absolute Gasteiger partial charge is 0.216 e. The van der Waals surface area contributed by atoms with Crippen LogP contribution in [0.15, 0.2) is 33.9 Å². The normalized spacial score (nSPS) is 21.6. The van der Waals surface area contributed by atoms with Gasteiger partial charge in [-0.25, -0.2) is 13.8 Å². The number of nitrogens with zero attached hydrogens (tertiary/aromatic N) is 3. The Bertz CT molecular complexity index is 1270. The van der Waals surface area contributed by atoms with Crippen molar-refractivity contribution in [2.75, 3.05) is 12.9 Å². The number of rotatable bonds is 5. The monoisotopic (exact) mass is 484 g/mol. The first-order valence-corrected chi connectivity index (χ1v) is 12.4. The lowest BCUT2D eigenvalue weighted by Crippen LogP contribution is -2.46. The van der Waals surface area contributed by atoms with Crippen LogP contribution in [0, 0.1) is 17.6 Å². The molecule has 2 N–H and O–H groups in total. The summed E-state index contributed by atoms with van der Waals surface area (Å²) in [6.07, 6.45) is 4.21. The van der Waals surface area contributed by atoms with Crippen LogP contribution in [-0.4, -0.2) is 28.2 Å². The number of aliphatic imine (C=N–C) groups is 1. The third-order valence-electron chi connectivity index (χ3n) is 6.92. The summed E-state index contributed by atoms with van der Waals surface area (Å²) in [5.41, 5.74) is 10.3. The Balaban J connectivity index is 1.75. The molecule has 0 saturated heterocycles. The molecule has 2 atom stereocenters. The molecule has 34 heavy (non-hydrogen) atoms. The number of hydrogen-bond donors (Lipinski definition) is 1. The standard InChI is InChI=1S/C25H26F2N4O2S/c1-4-20-22(21(5-2)33-31-20)17-11-29-23(32-3)16-10-25(18-7-6-14(26)9-19(18)27)13(8-15(16)17)12-34-24(28)30-25/h6-7,9,11,13H,4-5,8,10,12H2,1-3H3,(H2,28,30)/t13-,25-/m0/s1. The molecule has 1 aliphatic carbocycles. The van der Waals surface area contributed by atoms with Crippen LogP contribution in [0.4, 0.5) is 8.78 Å². The predicted molar refractivity (Wildman–Crippen MR) is 128 cm³/mol. The number of nitrogens with two attached hydrogens (primary N) is 1. The zero-order valence-corrected chi connectivity index (χ0v) is 20.1. The van der Waals surface area contributed by atoms with Crippen molar-refractivity contribution < 1.29 is 18.0 Å². The molecule has 0 amide bonds. The zero-order chi connectivity index (χ0) is 24.0. The van der Waals surface area contributed by atoms with Gasteiger partial charge in [0, 0.05) is 59.0 Å². The summed E-state index contributed by atoms with van der Waals surface area (Å²) < 4.78 is 40.2. The van der Waals surface area contributed by atoms with Crippen molar-refractivity contribution in [2.45, 2.75) is 45.1 Å². The van der Waals surface area contributed by atoms with Gasteiger partial charge < -0.3 is 15.0 Å². The maximum Gasteiger partial charge on any atom is 0.216 e. The number of thioether (sulfide) groups is 1. The molecule has 1 aliphatic heterocycles.